The molecule has 0 aliphatic rings. The fourth-order valence-electron chi connectivity index (χ4n) is 2.49. The first-order chi connectivity index (χ1) is 9.76. The molecule has 1 rings (SSSR count). The number of benzene rings is 1. The van der Waals surface area contributed by atoms with Crippen molar-refractivity contribution < 1.29 is 0 Å². The van der Waals surface area contributed by atoms with Crippen LogP contribution in [0.5, 0.6) is 0 Å². The average molecular weight is 274 g/mol. The zero-order chi connectivity index (χ0) is 14.8. The smallest absolute Gasteiger partial charge is 0.0369 e. The van der Waals surface area contributed by atoms with Crippen LogP contribution in [0.3, 0.4) is 0 Å². The third-order valence-corrected chi connectivity index (χ3v) is 3.55. The minimum atomic E-state index is 0.475. The predicted molar refractivity (Wildman–Crippen MR) is 90.5 cm³/mol. The molecule has 1 atom stereocenters. The van der Waals surface area contributed by atoms with Gasteiger partial charge in [-0.15, -0.1) is 6.58 Å². The molecule has 0 radical (unpaired) electrons. The molecule has 112 valence electrons. The lowest BCUT2D eigenvalue weighted by Crippen LogP contribution is -2.24. The Morgan fingerprint density at radius 3 is 2.35 bits per heavy atom. The molecule has 1 unspecified atom stereocenters. The first kappa shape index (κ1) is 16.8. The van der Waals surface area contributed by atoms with Gasteiger partial charge in [0, 0.05) is 24.8 Å². The van der Waals surface area contributed by atoms with E-state index in [1.54, 1.807) is 0 Å². The highest BCUT2D eigenvalue weighted by Gasteiger charge is 2.09. The highest BCUT2D eigenvalue weighted by Crippen LogP contribution is 2.21. The van der Waals surface area contributed by atoms with Crippen molar-refractivity contribution in [3.8, 4) is 0 Å². The maximum absolute atomic E-state index is 3.85. The Kier molecular flexibility index (Phi) is 8.05. The molecule has 1 aromatic carbocycles. The Balaban J connectivity index is 2.76. The predicted octanol–water partition coefficient (Wildman–Crippen LogP) is 4.54. The summed E-state index contributed by atoms with van der Waals surface area (Å²) in [6, 6.07) is 9.48. The van der Waals surface area contributed by atoms with E-state index in [1.807, 2.05) is 6.08 Å². The van der Waals surface area contributed by atoms with Crippen molar-refractivity contribution >= 4 is 5.69 Å². The molecule has 0 spiro atoms. The summed E-state index contributed by atoms with van der Waals surface area (Å²) in [7, 11) is 0. The van der Waals surface area contributed by atoms with E-state index in [0.717, 1.165) is 32.5 Å². The summed E-state index contributed by atoms with van der Waals surface area (Å²) in [5.74, 6) is 0. The summed E-state index contributed by atoms with van der Waals surface area (Å²) >= 11 is 0. The molecule has 2 heteroatoms. The molecule has 0 saturated heterocycles. The van der Waals surface area contributed by atoms with Crippen LogP contribution < -0.4 is 10.2 Å². The molecule has 1 N–H and O–H groups in total. The van der Waals surface area contributed by atoms with Crippen molar-refractivity contribution in [1.82, 2.24) is 5.32 Å². The van der Waals surface area contributed by atoms with Crippen molar-refractivity contribution in [3.05, 3.63) is 42.5 Å². The zero-order valence-electron chi connectivity index (χ0n) is 13.4. The van der Waals surface area contributed by atoms with Gasteiger partial charge in [0.15, 0.2) is 0 Å². The van der Waals surface area contributed by atoms with Gasteiger partial charge in [0.25, 0.3) is 0 Å². The summed E-state index contributed by atoms with van der Waals surface area (Å²) in [5.41, 5.74) is 2.68. The number of nitrogens with zero attached hydrogens (tertiary/aromatic N) is 1. The van der Waals surface area contributed by atoms with Crippen molar-refractivity contribution in [3.63, 3.8) is 0 Å². The second kappa shape index (κ2) is 9.60. The van der Waals surface area contributed by atoms with E-state index < -0.39 is 0 Å². The molecular weight excluding hydrogens is 244 g/mol. The zero-order valence-corrected chi connectivity index (χ0v) is 13.4. The van der Waals surface area contributed by atoms with Gasteiger partial charge in [0.05, 0.1) is 0 Å². The number of rotatable bonds is 10. The van der Waals surface area contributed by atoms with Gasteiger partial charge < -0.3 is 10.2 Å². The van der Waals surface area contributed by atoms with Gasteiger partial charge in [-0.05, 0) is 43.5 Å². The van der Waals surface area contributed by atoms with Crippen molar-refractivity contribution in [2.75, 3.05) is 24.5 Å². The van der Waals surface area contributed by atoms with Gasteiger partial charge >= 0.3 is 0 Å². The summed E-state index contributed by atoms with van der Waals surface area (Å²) in [6.07, 6.45) is 5.44. The third kappa shape index (κ3) is 5.01. The topological polar surface area (TPSA) is 15.3 Å². The van der Waals surface area contributed by atoms with Crippen molar-refractivity contribution in [1.29, 1.82) is 0 Å². The summed E-state index contributed by atoms with van der Waals surface area (Å²) in [4.78, 5) is 2.37. The van der Waals surface area contributed by atoms with E-state index in [9.17, 15) is 0 Å². The third-order valence-electron chi connectivity index (χ3n) is 3.55. The quantitative estimate of drug-likeness (QED) is 0.630. The maximum Gasteiger partial charge on any atom is 0.0369 e. The Morgan fingerprint density at radius 2 is 1.85 bits per heavy atom. The SMILES string of the molecule is C=CCN(CCC)c1ccc(C(CC)NCCC)cc1. The molecule has 0 saturated carbocycles. The largest absolute Gasteiger partial charge is 0.368 e. The maximum atomic E-state index is 3.85. The molecule has 0 amide bonds. The van der Waals surface area contributed by atoms with E-state index in [-0.39, 0.29) is 0 Å². The highest BCUT2D eigenvalue weighted by atomic mass is 15.1. The Hall–Kier alpha value is -1.28. The molecule has 0 fully saturated rings. The van der Waals surface area contributed by atoms with Crippen LogP contribution in [-0.2, 0) is 0 Å². The van der Waals surface area contributed by atoms with E-state index in [4.69, 9.17) is 0 Å². The van der Waals surface area contributed by atoms with Gasteiger partial charge in [-0.3, -0.25) is 0 Å². The minimum Gasteiger partial charge on any atom is -0.368 e. The fraction of sp³-hybridized carbons (Fsp3) is 0.556. The Morgan fingerprint density at radius 1 is 1.15 bits per heavy atom. The summed E-state index contributed by atoms with van der Waals surface area (Å²) in [5, 5.41) is 3.60. The molecular formula is C18H30N2. The highest BCUT2D eigenvalue weighted by molar-refractivity contribution is 5.48. The number of hydrogen-bond acceptors (Lipinski definition) is 2. The monoisotopic (exact) mass is 274 g/mol. The van der Waals surface area contributed by atoms with E-state index in [2.05, 4.69) is 61.8 Å². The molecule has 0 aliphatic heterocycles. The van der Waals surface area contributed by atoms with Crippen molar-refractivity contribution in [2.24, 2.45) is 0 Å². The van der Waals surface area contributed by atoms with Crippen LogP contribution in [0.2, 0.25) is 0 Å². The van der Waals surface area contributed by atoms with Crippen LogP contribution in [0, 0.1) is 0 Å². The lowest BCUT2D eigenvalue weighted by atomic mass is 10.0. The molecule has 0 heterocycles. The molecule has 0 aliphatic carbocycles. The van der Waals surface area contributed by atoms with E-state index in [0.29, 0.717) is 6.04 Å². The first-order valence-corrected chi connectivity index (χ1v) is 7.95. The average Bonchev–Trinajstić information content (AvgIpc) is 2.48. The number of hydrogen-bond donors (Lipinski definition) is 1. The Bertz CT molecular complexity index is 370. The fourth-order valence-corrected chi connectivity index (χ4v) is 2.49. The van der Waals surface area contributed by atoms with E-state index in [1.165, 1.54) is 17.7 Å². The molecule has 0 aromatic heterocycles. The normalized spacial score (nSPS) is 12.2. The van der Waals surface area contributed by atoms with E-state index >= 15 is 0 Å². The van der Waals surface area contributed by atoms with Gasteiger partial charge in [-0.25, -0.2) is 0 Å². The molecule has 1 aromatic rings. The summed E-state index contributed by atoms with van der Waals surface area (Å²) in [6.45, 7) is 13.6. The minimum absolute atomic E-state index is 0.475. The number of nitrogens with one attached hydrogen (secondary N) is 1. The van der Waals surface area contributed by atoms with Crippen LogP contribution >= 0.6 is 0 Å². The van der Waals surface area contributed by atoms with Crippen LogP contribution in [0.25, 0.3) is 0 Å². The Labute approximate surface area is 124 Å². The van der Waals surface area contributed by atoms with Crippen LogP contribution in [0.4, 0.5) is 5.69 Å². The van der Waals surface area contributed by atoms with Crippen molar-refractivity contribution in [2.45, 2.75) is 46.1 Å². The lowest BCUT2D eigenvalue weighted by molar-refractivity contribution is 0.518. The van der Waals surface area contributed by atoms with Gasteiger partial charge in [-0.1, -0.05) is 39.0 Å². The van der Waals surface area contributed by atoms with Gasteiger partial charge in [-0.2, -0.15) is 0 Å². The van der Waals surface area contributed by atoms with Crippen LogP contribution in [0.1, 0.15) is 51.6 Å². The van der Waals surface area contributed by atoms with Crippen LogP contribution in [-0.4, -0.2) is 19.6 Å². The standard InChI is InChI=1S/C18H30N2/c1-5-13-19-18(8-4)16-9-11-17(12-10-16)20(14-6-2)15-7-3/h6,9-12,18-19H,2,5,7-8,13-15H2,1,3-4H3. The first-order valence-electron chi connectivity index (χ1n) is 7.95. The molecule has 2 nitrogen and oxygen atoms in total. The second-order valence-electron chi connectivity index (χ2n) is 5.24. The van der Waals surface area contributed by atoms with Gasteiger partial charge in [0.2, 0.25) is 0 Å². The molecule has 0 bridgehead atoms. The lowest BCUT2D eigenvalue weighted by Gasteiger charge is -2.24. The summed E-state index contributed by atoms with van der Waals surface area (Å²) < 4.78 is 0. The van der Waals surface area contributed by atoms with Gasteiger partial charge in [0.1, 0.15) is 0 Å². The second-order valence-corrected chi connectivity index (χ2v) is 5.24. The molecule has 20 heavy (non-hydrogen) atoms. The van der Waals surface area contributed by atoms with Crippen LogP contribution in [0.15, 0.2) is 36.9 Å². The number of anilines is 1.